The fourth-order valence-electron chi connectivity index (χ4n) is 3.31. The molecule has 27 heavy (non-hydrogen) atoms. The summed E-state index contributed by atoms with van der Waals surface area (Å²) < 4.78 is 0. The largest absolute Gasteiger partial charge is 0.481 e. The van der Waals surface area contributed by atoms with Gasteiger partial charge >= 0.3 is 5.97 Å². The fourth-order valence-corrected chi connectivity index (χ4v) is 3.50. The van der Waals surface area contributed by atoms with E-state index in [1.165, 1.54) is 0 Å². The maximum atomic E-state index is 10.8. The van der Waals surface area contributed by atoms with Crippen LogP contribution in [0.3, 0.4) is 0 Å². The number of carboxylic acids is 1. The van der Waals surface area contributed by atoms with Crippen molar-refractivity contribution in [2.45, 2.75) is 25.7 Å². The summed E-state index contributed by atoms with van der Waals surface area (Å²) >= 11 is 6.12. The molecule has 1 aliphatic rings. The highest BCUT2D eigenvalue weighted by Crippen LogP contribution is 2.31. The third-order valence-corrected chi connectivity index (χ3v) is 4.82. The predicted molar refractivity (Wildman–Crippen MR) is 106 cm³/mol. The second-order valence-corrected chi connectivity index (χ2v) is 7.01. The zero-order chi connectivity index (χ0) is 18.8. The van der Waals surface area contributed by atoms with Gasteiger partial charge in [0, 0.05) is 27.5 Å². The summed E-state index contributed by atoms with van der Waals surface area (Å²) in [6.07, 6.45) is 2.97. The number of carbonyl (C=O) groups is 1. The van der Waals surface area contributed by atoms with Crippen LogP contribution in [0, 0.1) is 0 Å². The minimum absolute atomic E-state index is 0.0160. The van der Waals surface area contributed by atoms with Gasteiger partial charge < -0.3 is 10.4 Å². The normalized spacial score (nSPS) is 12.6. The first-order valence-electron chi connectivity index (χ1n) is 8.82. The van der Waals surface area contributed by atoms with Crippen LogP contribution in [0.2, 0.25) is 5.02 Å². The Balaban J connectivity index is 1.67. The maximum absolute atomic E-state index is 10.8. The van der Waals surface area contributed by atoms with Crippen molar-refractivity contribution in [3.63, 3.8) is 0 Å². The number of aliphatic carboxylic acids is 1. The van der Waals surface area contributed by atoms with E-state index >= 15 is 0 Å². The molecule has 5 nitrogen and oxygen atoms in total. The van der Waals surface area contributed by atoms with E-state index in [1.807, 2.05) is 48.5 Å². The Morgan fingerprint density at radius 1 is 1.11 bits per heavy atom. The van der Waals surface area contributed by atoms with E-state index in [0.717, 1.165) is 53.2 Å². The molecule has 3 aromatic rings. The van der Waals surface area contributed by atoms with E-state index in [9.17, 15) is 4.79 Å². The number of aryl methyl sites for hydroxylation is 1. The number of fused-ring (bicyclic) bond motifs is 1. The summed E-state index contributed by atoms with van der Waals surface area (Å²) in [5, 5.41) is 12.9. The van der Waals surface area contributed by atoms with Crippen LogP contribution in [0.1, 0.15) is 23.2 Å². The summed E-state index contributed by atoms with van der Waals surface area (Å²) in [5.74, 6) is 0.622. The molecule has 0 radical (unpaired) electrons. The minimum atomic E-state index is -0.838. The number of aromatic nitrogens is 2. The van der Waals surface area contributed by atoms with Gasteiger partial charge in [-0.1, -0.05) is 35.9 Å². The van der Waals surface area contributed by atoms with Crippen molar-refractivity contribution in [1.29, 1.82) is 0 Å². The molecule has 0 bridgehead atoms. The van der Waals surface area contributed by atoms with Crippen LogP contribution < -0.4 is 5.32 Å². The van der Waals surface area contributed by atoms with E-state index in [0.29, 0.717) is 10.8 Å². The van der Waals surface area contributed by atoms with Gasteiger partial charge in [-0.05, 0) is 49.1 Å². The Labute approximate surface area is 162 Å². The van der Waals surface area contributed by atoms with Gasteiger partial charge in [0.1, 0.15) is 5.82 Å². The van der Waals surface area contributed by atoms with Crippen LogP contribution in [0.15, 0.2) is 48.5 Å². The summed E-state index contributed by atoms with van der Waals surface area (Å²) in [7, 11) is 0. The van der Waals surface area contributed by atoms with E-state index in [1.54, 1.807) is 0 Å². The number of hydrogen-bond donors (Lipinski definition) is 2. The summed E-state index contributed by atoms with van der Waals surface area (Å²) in [5.41, 5.74) is 4.74. The number of carboxylic acid groups (broad SMARTS) is 1. The molecule has 0 unspecified atom stereocenters. The monoisotopic (exact) mass is 379 g/mol. The summed E-state index contributed by atoms with van der Waals surface area (Å²) in [4.78, 5) is 20.3. The molecule has 136 valence electrons. The summed E-state index contributed by atoms with van der Waals surface area (Å²) in [6, 6.07) is 14.9. The van der Waals surface area contributed by atoms with Crippen LogP contribution >= 0.6 is 11.6 Å². The Morgan fingerprint density at radius 3 is 2.67 bits per heavy atom. The zero-order valence-corrected chi connectivity index (χ0v) is 15.3. The molecule has 0 saturated carbocycles. The van der Waals surface area contributed by atoms with Gasteiger partial charge in [0.15, 0.2) is 5.82 Å². The second-order valence-electron chi connectivity index (χ2n) is 6.58. The molecular weight excluding hydrogens is 362 g/mol. The molecule has 0 aliphatic heterocycles. The Morgan fingerprint density at radius 2 is 1.93 bits per heavy atom. The fraction of sp³-hybridized carbons (Fsp3) is 0.190. The number of nitrogens with one attached hydrogen (secondary N) is 1. The molecule has 6 heteroatoms. The Kier molecular flexibility index (Phi) is 4.77. The van der Waals surface area contributed by atoms with Gasteiger partial charge in [0.05, 0.1) is 6.42 Å². The van der Waals surface area contributed by atoms with Crippen LogP contribution in [-0.2, 0) is 24.1 Å². The lowest BCUT2D eigenvalue weighted by molar-refractivity contribution is -0.136. The topological polar surface area (TPSA) is 75.1 Å². The van der Waals surface area contributed by atoms with Crippen molar-refractivity contribution in [3.8, 4) is 11.4 Å². The molecule has 2 N–H and O–H groups in total. The SMILES string of the molecule is O=C(O)Cc1ccc(Nc2nc(-c3cccc(Cl)c3)nc3c2CCC3)cc1. The second kappa shape index (κ2) is 7.37. The van der Waals surface area contributed by atoms with Gasteiger partial charge in [0.2, 0.25) is 0 Å². The Bertz CT molecular complexity index is 1000. The lowest BCUT2D eigenvalue weighted by atomic mass is 10.1. The highest BCUT2D eigenvalue weighted by atomic mass is 35.5. The average molecular weight is 380 g/mol. The smallest absolute Gasteiger partial charge is 0.307 e. The zero-order valence-electron chi connectivity index (χ0n) is 14.6. The van der Waals surface area contributed by atoms with Crippen molar-refractivity contribution in [3.05, 3.63) is 70.4 Å². The van der Waals surface area contributed by atoms with Gasteiger partial charge in [-0.15, -0.1) is 0 Å². The standard InChI is InChI=1S/C21H18ClN3O2/c22-15-4-1-3-14(12-15)20-24-18-6-2-5-17(18)21(25-20)23-16-9-7-13(8-10-16)11-19(26)27/h1,3-4,7-10,12H,2,5-6,11H2,(H,26,27)(H,23,24,25). The lowest BCUT2D eigenvalue weighted by Gasteiger charge is -2.13. The molecule has 0 amide bonds. The molecule has 0 saturated heterocycles. The van der Waals surface area contributed by atoms with Crippen LogP contribution in [0.5, 0.6) is 0 Å². The first-order valence-corrected chi connectivity index (χ1v) is 9.20. The van der Waals surface area contributed by atoms with E-state index < -0.39 is 5.97 Å². The first kappa shape index (κ1) is 17.5. The third-order valence-electron chi connectivity index (χ3n) is 4.59. The van der Waals surface area contributed by atoms with Crippen LogP contribution in [-0.4, -0.2) is 21.0 Å². The van der Waals surface area contributed by atoms with Crippen LogP contribution in [0.25, 0.3) is 11.4 Å². The highest BCUT2D eigenvalue weighted by Gasteiger charge is 2.20. The van der Waals surface area contributed by atoms with Crippen molar-refractivity contribution in [2.24, 2.45) is 0 Å². The van der Waals surface area contributed by atoms with Crippen LogP contribution in [0.4, 0.5) is 11.5 Å². The van der Waals surface area contributed by atoms with E-state index in [-0.39, 0.29) is 6.42 Å². The Hall–Kier alpha value is -2.92. The molecule has 1 aromatic heterocycles. The quantitative estimate of drug-likeness (QED) is 0.674. The summed E-state index contributed by atoms with van der Waals surface area (Å²) in [6.45, 7) is 0. The van der Waals surface area contributed by atoms with E-state index in [2.05, 4.69) is 5.32 Å². The minimum Gasteiger partial charge on any atom is -0.481 e. The predicted octanol–water partition coefficient (Wildman–Crippen LogP) is 4.66. The van der Waals surface area contributed by atoms with Gasteiger partial charge in [-0.3, -0.25) is 4.79 Å². The number of nitrogens with zero attached hydrogens (tertiary/aromatic N) is 2. The van der Waals surface area contributed by atoms with Gasteiger partial charge in [-0.2, -0.15) is 0 Å². The molecule has 1 aliphatic carbocycles. The molecule has 0 atom stereocenters. The van der Waals surface area contributed by atoms with Gasteiger partial charge in [0.25, 0.3) is 0 Å². The molecule has 0 fully saturated rings. The number of rotatable bonds is 5. The highest BCUT2D eigenvalue weighted by molar-refractivity contribution is 6.30. The third kappa shape index (κ3) is 3.93. The lowest BCUT2D eigenvalue weighted by Crippen LogP contribution is -2.04. The number of benzene rings is 2. The van der Waals surface area contributed by atoms with Crippen molar-refractivity contribution in [1.82, 2.24) is 9.97 Å². The van der Waals surface area contributed by atoms with Gasteiger partial charge in [-0.25, -0.2) is 9.97 Å². The maximum Gasteiger partial charge on any atom is 0.307 e. The molecule has 4 rings (SSSR count). The number of halogens is 1. The van der Waals surface area contributed by atoms with Crippen molar-refractivity contribution >= 4 is 29.1 Å². The van der Waals surface area contributed by atoms with Crippen molar-refractivity contribution < 1.29 is 9.90 Å². The number of anilines is 2. The molecule has 1 heterocycles. The molecule has 0 spiro atoms. The molecular formula is C21H18ClN3O2. The molecule has 2 aromatic carbocycles. The van der Waals surface area contributed by atoms with E-state index in [4.69, 9.17) is 26.7 Å². The van der Waals surface area contributed by atoms with Crippen molar-refractivity contribution in [2.75, 3.05) is 5.32 Å². The number of hydrogen-bond acceptors (Lipinski definition) is 4. The first-order chi connectivity index (χ1) is 13.1. The average Bonchev–Trinajstić information content (AvgIpc) is 3.12.